The minimum atomic E-state index is 0.963. The van der Waals surface area contributed by atoms with Crippen molar-refractivity contribution in [3.8, 4) is 0 Å². The van der Waals surface area contributed by atoms with Crippen LogP contribution >= 0.6 is 0 Å². The summed E-state index contributed by atoms with van der Waals surface area (Å²) in [6.07, 6.45) is 3.53. The van der Waals surface area contributed by atoms with Gasteiger partial charge < -0.3 is 5.32 Å². The maximum Gasteiger partial charge on any atom is 0.0210 e. The average molecular weight is 81.1 g/mol. The molecule has 1 fully saturated rings. The molecule has 0 amide bonds. The second kappa shape index (κ2) is 0.625. The van der Waals surface area contributed by atoms with Crippen molar-refractivity contribution in [1.82, 2.24) is 5.32 Å². The second-order valence-corrected chi connectivity index (χ2v) is 2.03. The summed E-state index contributed by atoms with van der Waals surface area (Å²) in [6, 6.07) is 0. The van der Waals surface area contributed by atoms with Gasteiger partial charge in [0.05, 0.1) is 0 Å². The molecule has 1 unspecified atom stereocenters. The SMILES string of the molecule is C1=C2CC2CN1. The molecule has 0 aromatic rings. The molecule has 6 heavy (non-hydrogen) atoms. The Bertz CT molecular complexity index is 105. The van der Waals surface area contributed by atoms with Crippen LogP contribution in [0, 0.1) is 5.92 Å². The van der Waals surface area contributed by atoms with Gasteiger partial charge >= 0.3 is 0 Å². The van der Waals surface area contributed by atoms with E-state index in [4.69, 9.17) is 0 Å². The first kappa shape index (κ1) is 2.67. The lowest BCUT2D eigenvalue weighted by molar-refractivity contribution is 0.798. The molecule has 0 saturated heterocycles. The second-order valence-electron chi connectivity index (χ2n) is 2.03. The molecule has 1 aliphatic heterocycles. The predicted octanol–water partition coefficient (Wildman–Crippen LogP) is 0.493. The summed E-state index contributed by atoms with van der Waals surface area (Å²) < 4.78 is 0. The highest BCUT2D eigenvalue weighted by Crippen LogP contribution is 2.39. The normalized spacial score (nSPS) is 37.3. The summed E-state index contributed by atoms with van der Waals surface area (Å²) in [5.74, 6) is 0.963. The molecule has 0 bridgehead atoms. The summed E-state index contributed by atoms with van der Waals surface area (Å²) >= 11 is 0. The van der Waals surface area contributed by atoms with Crippen molar-refractivity contribution in [3.05, 3.63) is 11.8 Å². The largest absolute Gasteiger partial charge is 0.390 e. The van der Waals surface area contributed by atoms with Crippen LogP contribution in [0.1, 0.15) is 6.42 Å². The van der Waals surface area contributed by atoms with Gasteiger partial charge in [-0.25, -0.2) is 0 Å². The Morgan fingerprint density at radius 1 is 1.83 bits per heavy atom. The number of nitrogens with one attached hydrogen (secondary N) is 1. The van der Waals surface area contributed by atoms with Crippen molar-refractivity contribution in [3.63, 3.8) is 0 Å². The van der Waals surface area contributed by atoms with Crippen LogP contribution in [0.3, 0.4) is 0 Å². The Balaban J connectivity index is 2.35. The summed E-state index contributed by atoms with van der Waals surface area (Å²) in [4.78, 5) is 0. The molecular weight excluding hydrogens is 74.1 g/mol. The van der Waals surface area contributed by atoms with E-state index in [1.54, 1.807) is 5.57 Å². The first-order chi connectivity index (χ1) is 2.97. The Morgan fingerprint density at radius 3 is 3.00 bits per heavy atom. The Hall–Kier alpha value is -0.460. The van der Waals surface area contributed by atoms with Gasteiger partial charge in [0, 0.05) is 12.5 Å². The zero-order valence-corrected chi connectivity index (χ0v) is 3.57. The van der Waals surface area contributed by atoms with Crippen LogP contribution in [-0.2, 0) is 0 Å². The van der Waals surface area contributed by atoms with E-state index in [-0.39, 0.29) is 0 Å². The minimum Gasteiger partial charge on any atom is -0.390 e. The third kappa shape index (κ3) is 0.171. The van der Waals surface area contributed by atoms with Gasteiger partial charge in [-0.1, -0.05) is 0 Å². The van der Waals surface area contributed by atoms with E-state index in [1.807, 2.05) is 0 Å². The maximum atomic E-state index is 3.16. The third-order valence-electron chi connectivity index (χ3n) is 1.50. The monoisotopic (exact) mass is 81.1 g/mol. The first-order valence-corrected chi connectivity index (χ1v) is 2.39. The maximum absolute atomic E-state index is 3.16. The van der Waals surface area contributed by atoms with Crippen LogP contribution in [0.5, 0.6) is 0 Å². The van der Waals surface area contributed by atoms with Crippen LogP contribution in [0.15, 0.2) is 11.8 Å². The fourth-order valence-electron chi connectivity index (χ4n) is 0.938. The summed E-state index contributed by atoms with van der Waals surface area (Å²) in [7, 11) is 0. The lowest BCUT2D eigenvalue weighted by Crippen LogP contribution is -2.02. The van der Waals surface area contributed by atoms with Gasteiger partial charge in [0.25, 0.3) is 0 Å². The summed E-state index contributed by atoms with van der Waals surface area (Å²) in [6.45, 7) is 1.22. The summed E-state index contributed by atoms with van der Waals surface area (Å²) in [5.41, 5.74) is 1.63. The van der Waals surface area contributed by atoms with E-state index in [1.165, 1.54) is 13.0 Å². The smallest absolute Gasteiger partial charge is 0.0210 e. The van der Waals surface area contributed by atoms with Gasteiger partial charge in [-0.15, -0.1) is 0 Å². The van der Waals surface area contributed by atoms with Crippen molar-refractivity contribution in [2.45, 2.75) is 6.42 Å². The van der Waals surface area contributed by atoms with Gasteiger partial charge in [0.2, 0.25) is 0 Å². The van der Waals surface area contributed by atoms with Crippen molar-refractivity contribution < 1.29 is 0 Å². The lowest BCUT2D eigenvalue weighted by atomic mass is 10.4. The van der Waals surface area contributed by atoms with E-state index in [0.717, 1.165) is 5.92 Å². The summed E-state index contributed by atoms with van der Waals surface area (Å²) in [5, 5.41) is 3.16. The van der Waals surface area contributed by atoms with Crippen LogP contribution in [0.4, 0.5) is 0 Å². The van der Waals surface area contributed by atoms with E-state index < -0.39 is 0 Å². The molecule has 1 nitrogen and oxygen atoms in total. The highest BCUT2D eigenvalue weighted by molar-refractivity contribution is 5.27. The van der Waals surface area contributed by atoms with Gasteiger partial charge in [0.15, 0.2) is 0 Å². The highest BCUT2D eigenvalue weighted by Gasteiger charge is 2.32. The number of hydrogen-bond donors (Lipinski definition) is 1. The molecule has 1 heteroatoms. The predicted molar refractivity (Wildman–Crippen MR) is 24.2 cm³/mol. The molecular formula is C5H7N. The Labute approximate surface area is 37.0 Å². The van der Waals surface area contributed by atoms with E-state index in [2.05, 4.69) is 11.5 Å². The first-order valence-electron chi connectivity index (χ1n) is 2.39. The molecule has 0 radical (unpaired) electrons. The standard InChI is InChI=1S/C5H7N/c1-4-2-6-3-5(1)4/h2,5-6H,1,3H2. The molecule has 1 saturated carbocycles. The molecule has 1 aliphatic carbocycles. The Morgan fingerprint density at radius 2 is 2.83 bits per heavy atom. The van der Waals surface area contributed by atoms with Gasteiger partial charge in [-0.05, 0) is 18.2 Å². The van der Waals surface area contributed by atoms with E-state index in [0.29, 0.717) is 0 Å². The van der Waals surface area contributed by atoms with Gasteiger partial charge in [-0.2, -0.15) is 0 Å². The zero-order chi connectivity index (χ0) is 3.98. The molecule has 0 aromatic heterocycles. The van der Waals surface area contributed by atoms with Crippen LogP contribution < -0.4 is 5.32 Å². The van der Waals surface area contributed by atoms with Crippen LogP contribution in [0.25, 0.3) is 0 Å². The van der Waals surface area contributed by atoms with Crippen LogP contribution in [-0.4, -0.2) is 6.54 Å². The molecule has 1 heterocycles. The molecule has 2 rings (SSSR count). The highest BCUT2D eigenvalue weighted by atomic mass is 14.9. The molecule has 0 aromatic carbocycles. The molecule has 1 atom stereocenters. The average Bonchev–Trinajstić information content (AvgIpc) is 2.17. The molecule has 2 aliphatic rings. The molecule has 32 valence electrons. The van der Waals surface area contributed by atoms with Gasteiger partial charge in [-0.3, -0.25) is 0 Å². The zero-order valence-electron chi connectivity index (χ0n) is 3.57. The van der Waals surface area contributed by atoms with E-state index in [9.17, 15) is 0 Å². The number of rotatable bonds is 0. The third-order valence-corrected chi connectivity index (χ3v) is 1.50. The number of fused-ring (bicyclic) bond motifs is 1. The fraction of sp³-hybridized carbons (Fsp3) is 0.600. The van der Waals surface area contributed by atoms with Crippen molar-refractivity contribution in [1.29, 1.82) is 0 Å². The minimum absolute atomic E-state index is 0.963. The van der Waals surface area contributed by atoms with Crippen molar-refractivity contribution in [2.24, 2.45) is 5.92 Å². The van der Waals surface area contributed by atoms with Crippen LogP contribution in [0.2, 0.25) is 0 Å². The lowest BCUT2D eigenvalue weighted by Gasteiger charge is -1.85. The Kier molecular flexibility index (Phi) is 0.278. The quantitative estimate of drug-likeness (QED) is 0.447. The molecule has 1 N–H and O–H groups in total. The van der Waals surface area contributed by atoms with E-state index >= 15 is 0 Å². The topological polar surface area (TPSA) is 12.0 Å². The number of hydrogen-bond acceptors (Lipinski definition) is 1. The fourth-order valence-corrected chi connectivity index (χ4v) is 0.938. The van der Waals surface area contributed by atoms with Crippen molar-refractivity contribution in [2.75, 3.05) is 6.54 Å². The molecule has 0 spiro atoms. The van der Waals surface area contributed by atoms with Crippen molar-refractivity contribution >= 4 is 0 Å². The van der Waals surface area contributed by atoms with Gasteiger partial charge in [0.1, 0.15) is 0 Å².